The Morgan fingerprint density at radius 2 is 2.47 bits per heavy atom. The van der Waals surface area contributed by atoms with Crippen molar-refractivity contribution in [3.05, 3.63) is 23.9 Å². The van der Waals surface area contributed by atoms with E-state index in [1.165, 1.54) is 0 Å². The Morgan fingerprint density at radius 1 is 1.67 bits per heavy atom. The summed E-state index contributed by atoms with van der Waals surface area (Å²) < 4.78 is 5.27. The smallest absolute Gasteiger partial charge is 0.250 e. The normalized spacial score (nSPS) is 16.1. The van der Waals surface area contributed by atoms with E-state index in [-0.39, 0.29) is 5.91 Å². The lowest BCUT2D eigenvalue weighted by Gasteiger charge is -2.18. The van der Waals surface area contributed by atoms with Gasteiger partial charge >= 0.3 is 0 Å². The zero-order valence-corrected chi connectivity index (χ0v) is 9.11. The molecule has 2 N–H and O–H groups in total. The molecule has 1 aliphatic heterocycles. The summed E-state index contributed by atoms with van der Waals surface area (Å²) in [7, 11) is 0. The van der Waals surface area contributed by atoms with Crippen LogP contribution < -0.4 is 5.73 Å². The van der Waals surface area contributed by atoms with E-state index in [0.717, 1.165) is 26.1 Å². The highest BCUT2D eigenvalue weighted by Crippen LogP contribution is 2.07. The van der Waals surface area contributed by atoms with Gasteiger partial charge in [0.2, 0.25) is 5.91 Å². The Morgan fingerprint density at radius 3 is 3.13 bits per heavy atom. The summed E-state index contributed by atoms with van der Waals surface area (Å²) in [5.74, 6) is -0.380. The summed E-state index contributed by atoms with van der Waals surface area (Å²) in [6.45, 7) is 5.07. The molecule has 0 unspecified atom stereocenters. The maximum Gasteiger partial charge on any atom is 0.250 e. The number of nitrogens with zero attached hydrogens (tertiary/aromatic N) is 1. The third kappa shape index (κ3) is 4.16. The number of carbonyl (C=O) groups excluding carboxylic acids is 1. The molecule has 0 saturated heterocycles. The van der Waals surface area contributed by atoms with Crippen LogP contribution in [0, 0.1) is 0 Å². The van der Waals surface area contributed by atoms with E-state index in [1.54, 1.807) is 6.08 Å². The van der Waals surface area contributed by atoms with Crippen molar-refractivity contribution in [1.29, 1.82) is 0 Å². The van der Waals surface area contributed by atoms with E-state index in [4.69, 9.17) is 10.5 Å². The van der Waals surface area contributed by atoms with Crippen LogP contribution in [0.25, 0.3) is 0 Å². The first-order valence-corrected chi connectivity index (χ1v) is 5.24. The molecular weight excluding hydrogens is 192 g/mol. The second kappa shape index (κ2) is 6.24. The van der Waals surface area contributed by atoms with E-state index in [9.17, 15) is 4.79 Å². The van der Waals surface area contributed by atoms with Crippen molar-refractivity contribution in [2.24, 2.45) is 5.73 Å². The van der Waals surface area contributed by atoms with Crippen molar-refractivity contribution < 1.29 is 9.53 Å². The lowest BCUT2D eigenvalue weighted by Crippen LogP contribution is -2.24. The van der Waals surface area contributed by atoms with Gasteiger partial charge in [0, 0.05) is 25.9 Å². The molecule has 0 radical (unpaired) electrons. The second-order valence-corrected chi connectivity index (χ2v) is 3.37. The Balaban J connectivity index is 2.51. The van der Waals surface area contributed by atoms with Gasteiger partial charge in [-0.3, -0.25) is 4.79 Å². The highest BCUT2D eigenvalue weighted by Gasteiger charge is 2.07. The first kappa shape index (κ1) is 11.8. The lowest BCUT2D eigenvalue weighted by atomic mass is 10.2. The number of hydrogen-bond donors (Lipinski definition) is 1. The number of hydrogen-bond acceptors (Lipinski definition) is 3. The predicted molar refractivity (Wildman–Crippen MR) is 59.1 cm³/mol. The summed E-state index contributed by atoms with van der Waals surface area (Å²) in [4.78, 5) is 13.1. The molecule has 1 aliphatic rings. The molecular formula is C11H18N2O2. The van der Waals surface area contributed by atoms with Crippen LogP contribution in [-0.2, 0) is 9.53 Å². The van der Waals surface area contributed by atoms with Crippen LogP contribution in [0.3, 0.4) is 0 Å². The molecule has 0 spiro atoms. The van der Waals surface area contributed by atoms with E-state index in [1.807, 2.05) is 19.2 Å². The maximum atomic E-state index is 11.0. The Bertz CT molecular complexity index is 272. The zero-order chi connectivity index (χ0) is 11.1. The van der Waals surface area contributed by atoms with Gasteiger partial charge in [-0.15, -0.1) is 0 Å². The van der Waals surface area contributed by atoms with E-state index in [2.05, 4.69) is 4.90 Å². The van der Waals surface area contributed by atoms with Crippen LogP contribution in [-0.4, -0.2) is 37.1 Å². The predicted octanol–water partition coefficient (Wildman–Crippen LogP) is 0.654. The van der Waals surface area contributed by atoms with E-state index >= 15 is 0 Å². The number of amides is 1. The molecule has 4 heteroatoms. The van der Waals surface area contributed by atoms with Crippen LogP contribution in [0.15, 0.2) is 23.9 Å². The Hall–Kier alpha value is -1.29. The van der Waals surface area contributed by atoms with Crippen LogP contribution in [0.1, 0.15) is 13.3 Å². The first-order chi connectivity index (χ1) is 7.24. The fourth-order valence-corrected chi connectivity index (χ4v) is 1.40. The Labute approximate surface area is 90.4 Å². The van der Waals surface area contributed by atoms with Crippen molar-refractivity contribution >= 4 is 5.91 Å². The van der Waals surface area contributed by atoms with Gasteiger partial charge in [-0.1, -0.05) is 12.2 Å². The second-order valence-electron chi connectivity index (χ2n) is 3.37. The number of nitrogens with two attached hydrogens (primary N) is 1. The minimum Gasteiger partial charge on any atom is -0.380 e. The molecule has 0 aromatic rings. The number of ether oxygens (including phenoxy) is 1. The van der Waals surface area contributed by atoms with Crippen molar-refractivity contribution in [3.63, 3.8) is 0 Å². The molecule has 84 valence electrons. The molecule has 0 aromatic heterocycles. The van der Waals surface area contributed by atoms with Crippen LogP contribution in [0.4, 0.5) is 0 Å². The minimum absolute atomic E-state index is 0.380. The van der Waals surface area contributed by atoms with Gasteiger partial charge in [0.25, 0.3) is 0 Å². The number of rotatable bonds is 5. The van der Waals surface area contributed by atoms with Gasteiger partial charge in [0.1, 0.15) is 0 Å². The highest BCUT2D eigenvalue weighted by molar-refractivity contribution is 5.94. The van der Waals surface area contributed by atoms with Gasteiger partial charge in [0.05, 0.1) is 12.2 Å². The average Bonchev–Trinajstić information content (AvgIpc) is 2.44. The third-order valence-electron chi connectivity index (χ3n) is 2.21. The maximum absolute atomic E-state index is 11.0. The summed E-state index contributed by atoms with van der Waals surface area (Å²) in [6.07, 6.45) is 6.49. The number of carbonyl (C=O) groups is 1. The standard InChI is InChI=1S/C11H18N2O2/c1-2-15-8-7-13-6-4-3-5-10(9-13)11(12)14/h3,5,9H,2,4,6-8H2,1H3,(H2,12,14). The quantitative estimate of drug-likeness (QED) is 0.678. The third-order valence-corrected chi connectivity index (χ3v) is 2.21. The molecule has 0 aliphatic carbocycles. The molecule has 1 heterocycles. The zero-order valence-electron chi connectivity index (χ0n) is 9.11. The minimum atomic E-state index is -0.380. The van der Waals surface area contributed by atoms with Crippen molar-refractivity contribution in [1.82, 2.24) is 4.90 Å². The van der Waals surface area contributed by atoms with Crippen LogP contribution in [0.2, 0.25) is 0 Å². The highest BCUT2D eigenvalue weighted by atomic mass is 16.5. The SMILES string of the molecule is CCOCCN1C=C(C(N)=O)C=CCC1. The summed E-state index contributed by atoms with van der Waals surface area (Å²) in [6, 6.07) is 0. The van der Waals surface area contributed by atoms with Crippen molar-refractivity contribution in [2.45, 2.75) is 13.3 Å². The molecule has 4 nitrogen and oxygen atoms in total. The first-order valence-electron chi connectivity index (χ1n) is 5.24. The van der Waals surface area contributed by atoms with E-state index < -0.39 is 0 Å². The van der Waals surface area contributed by atoms with Crippen LogP contribution in [0.5, 0.6) is 0 Å². The Kier molecular flexibility index (Phi) is 4.90. The number of primary amides is 1. The molecule has 0 fully saturated rings. The van der Waals surface area contributed by atoms with Crippen molar-refractivity contribution in [3.8, 4) is 0 Å². The molecule has 0 bridgehead atoms. The summed E-state index contributed by atoms with van der Waals surface area (Å²) in [5, 5.41) is 0. The van der Waals surface area contributed by atoms with E-state index in [0.29, 0.717) is 12.2 Å². The van der Waals surface area contributed by atoms with Gasteiger partial charge < -0.3 is 15.4 Å². The molecule has 0 aromatic carbocycles. The fraction of sp³-hybridized carbons (Fsp3) is 0.545. The summed E-state index contributed by atoms with van der Waals surface area (Å²) >= 11 is 0. The largest absolute Gasteiger partial charge is 0.380 e. The molecule has 0 saturated carbocycles. The van der Waals surface area contributed by atoms with Gasteiger partial charge in [-0.05, 0) is 13.3 Å². The molecule has 1 amide bonds. The van der Waals surface area contributed by atoms with Gasteiger partial charge in [-0.2, -0.15) is 0 Å². The van der Waals surface area contributed by atoms with Crippen LogP contribution >= 0.6 is 0 Å². The monoisotopic (exact) mass is 210 g/mol. The molecule has 15 heavy (non-hydrogen) atoms. The summed E-state index contributed by atoms with van der Waals surface area (Å²) in [5.41, 5.74) is 5.80. The topological polar surface area (TPSA) is 55.6 Å². The van der Waals surface area contributed by atoms with Gasteiger partial charge in [0.15, 0.2) is 0 Å². The molecule has 0 atom stereocenters. The molecule has 1 rings (SSSR count). The van der Waals surface area contributed by atoms with Gasteiger partial charge in [-0.25, -0.2) is 0 Å². The lowest BCUT2D eigenvalue weighted by molar-refractivity contribution is -0.114. The van der Waals surface area contributed by atoms with Crippen molar-refractivity contribution in [2.75, 3.05) is 26.3 Å². The average molecular weight is 210 g/mol. The fourth-order valence-electron chi connectivity index (χ4n) is 1.40.